The lowest BCUT2D eigenvalue weighted by atomic mass is 10.0. The molecular formula is C42H23N3O2. The molecule has 0 aliphatic heterocycles. The van der Waals surface area contributed by atoms with Crippen molar-refractivity contribution in [3.8, 4) is 17.2 Å². The second kappa shape index (κ2) is 9.05. The molecule has 0 unspecified atom stereocenters. The average molecular weight is 602 g/mol. The Morgan fingerprint density at radius 1 is 0.447 bits per heavy atom. The molecule has 7 aromatic carbocycles. The van der Waals surface area contributed by atoms with Crippen molar-refractivity contribution in [1.29, 1.82) is 0 Å². The molecule has 218 valence electrons. The molecule has 0 radical (unpaired) electrons. The van der Waals surface area contributed by atoms with E-state index < -0.39 is 0 Å². The van der Waals surface area contributed by atoms with Gasteiger partial charge in [0.1, 0.15) is 16.7 Å². The van der Waals surface area contributed by atoms with E-state index in [2.05, 4.69) is 108 Å². The summed E-state index contributed by atoms with van der Waals surface area (Å²) in [6.45, 7) is 0. The van der Waals surface area contributed by atoms with Gasteiger partial charge in [0.05, 0.1) is 22.1 Å². The third-order valence-corrected chi connectivity index (χ3v) is 9.59. The molecule has 4 aromatic heterocycles. The topological polar surface area (TPSA) is 57.0 Å². The average Bonchev–Trinajstić information content (AvgIpc) is 3.78. The van der Waals surface area contributed by atoms with Gasteiger partial charge < -0.3 is 8.83 Å². The monoisotopic (exact) mass is 601 g/mol. The quantitative estimate of drug-likeness (QED) is 0.198. The molecule has 0 amide bonds. The number of hydrogen-bond acceptors (Lipinski definition) is 4. The Labute approximate surface area is 266 Å². The number of rotatable bonds is 2. The molecule has 0 spiro atoms. The molecule has 0 saturated heterocycles. The smallest absolute Gasteiger partial charge is 0.238 e. The summed E-state index contributed by atoms with van der Waals surface area (Å²) in [6, 6.07) is 48.5. The van der Waals surface area contributed by atoms with Crippen LogP contribution in [0.15, 0.2) is 148 Å². The number of benzene rings is 7. The summed E-state index contributed by atoms with van der Waals surface area (Å²) in [5.74, 6) is 0.560. The minimum atomic E-state index is 0.560. The fraction of sp³-hybridized carbons (Fsp3) is 0. The summed E-state index contributed by atoms with van der Waals surface area (Å²) >= 11 is 0. The van der Waals surface area contributed by atoms with Crippen LogP contribution in [-0.2, 0) is 0 Å². The van der Waals surface area contributed by atoms with E-state index in [0.29, 0.717) is 11.7 Å². The molecule has 0 aliphatic rings. The maximum absolute atomic E-state index is 6.53. The normalized spacial score (nSPS) is 12.3. The minimum Gasteiger partial charge on any atom is -0.456 e. The molecule has 0 fully saturated rings. The number of furan rings is 2. The zero-order valence-electron chi connectivity index (χ0n) is 24.9. The molecule has 4 heterocycles. The molecule has 5 heteroatoms. The van der Waals surface area contributed by atoms with Crippen LogP contribution in [0.25, 0.3) is 105 Å². The van der Waals surface area contributed by atoms with Gasteiger partial charge in [-0.15, -0.1) is 0 Å². The predicted molar refractivity (Wildman–Crippen MR) is 191 cm³/mol. The van der Waals surface area contributed by atoms with Gasteiger partial charge in [-0.25, -0.2) is 4.98 Å². The predicted octanol–water partition coefficient (Wildman–Crippen LogP) is 11.3. The van der Waals surface area contributed by atoms with Gasteiger partial charge in [-0.05, 0) is 46.5 Å². The lowest BCUT2D eigenvalue weighted by Gasteiger charge is -2.11. The fourth-order valence-corrected chi connectivity index (χ4v) is 7.46. The van der Waals surface area contributed by atoms with Gasteiger partial charge in [0.25, 0.3) is 0 Å². The van der Waals surface area contributed by atoms with Crippen LogP contribution in [0.1, 0.15) is 0 Å². The first-order valence-electron chi connectivity index (χ1n) is 15.7. The Kier molecular flexibility index (Phi) is 4.78. The van der Waals surface area contributed by atoms with Crippen molar-refractivity contribution in [2.75, 3.05) is 0 Å². The number of aromatic nitrogens is 3. The van der Waals surface area contributed by atoms with Gasteiger partial charge in [-0.3, -0.25) is 4.57 Å². The van der Waals surface area contributed by atoms with E-state index in [1.165, 1.54) is 5.39 Å². The van der Waals surface area contributed by atoms with Crippen LogP contribution in [0.5, 0.6) is 0 Å². The molecule has 0 N–H and O–H groups in total. The van der Waals surface area contributed by atoms with Gasteiger partial charge in [-0.1, -0.05) is 109 Å². The van der Waals surface area contributed by atoms with Crippen LogP contribution >= 0.6 is 0 Å². The van der Waals surface area contributed by atoms with E-state index in [0.717, 1.165) is 87.5 Å². The van der Waals surface area contributed by atoms with Gasteiger partial charge in [0.15, 0.2) is 0 Å². The highest BCUT2D eigenvalue weighted by molar-refractivity contribution is 6.23. The van der Waals surface area contributed by atoms with Crippen molar-refractivity contribution in [2.24, 2.45) is 0 Å². The lowest BCUT2D eigenvalue weighted by Crippen LogP contribution is -2.03. The molecule has 0 atom stereocenters. The molecule has 11 aromatic rings. The largest absolute Gasteiger partial charge is 0.456 e. The van der Waals surface area contributed by atoms with Crippen molar-refractivity contribution in [1.82, 2.24) is 14.5 Å². The molecule has 0 bridgehead atoms. The first-order chi connectivity index (χ1) is 23.3. The van der Waals surface area contributed by atoms with E-state index in [-0.39, 0.29) is 0 Å². The third-order valence-electron chi connectivity index (χ3n) is 9.59. The maximum Gasteiger partial charge on any atom is 0.238 e. The highest BCUT2D eigenvalue weighted by Gasteiger charge is 2.23. The molecular weight excluding hydrogens is 578 g/mol. The Balaban J connectivity index is 1.32. The van der Waals surface area contributed by atoms with E-state index in [9.17, 15) is 0 Å². The van der Waals surface area contributed by atoms with Crippen LogP contribution in [0.4, 0.5) is 0 Å². The summed E-state index contributed by atoms with van der Waals surface area (Å²) in [6.07, 6.45) is 0. The first-order valence-corrected chi connectivity index (χ1v) is 15.7. The highest BCUT2D eigenvalue weighted by atomic mass is 16.3. The van der Waals surface area contributed by atoms with Crippen LogP contribution in [0.3, 0.4) is 0 Å². The number of fused-ring (bicyclic) bond motifs is 12. The molecule has 5 nitrogen and oxygen atoms in total. The molecule has 11 rings (SSSR count). The van der Waals surface area contributed by atoms with Gasteiger partial charge in [0, 0.05) is 37.9 Å². The highest BCUT2D eigenvalue weighted by Crippen LogP contribution is 2.42. The third kappa shape index (κ3) is 3.43. The second-order valence-corrected chi connectivity index (χ2v) is 12.2. The zero-order valence-corrected chi connectivity index (χ0v) is 24.9. The van der Waals surface area contributed by atoms with E-state index in [1.54, 1.807) is 0 Å². The maximum atomic E-state index is 6.53. The van der Waals surface area contributed by atoms with Crippen LogP contribution in [-0.4, -0.2) is 14.5 Å². The number of hydrogen-bond donors (Lipinski definition) is 0. The summed E-state index contributed by atoms with van der Waals surface area (Å²) in [4.78, 5) is 10.6. The zero-order chi connectivity index (χ0) is 30.6. The molecule has 47 heavy (non-hydrogen) atoms. The second-order valence-electron chi connectivity index (χ2n) is 12.2. The SMILES string of the molecule is c1ccc(-c2nc(-n3c4cc5c(cc4c4ccc6ccccc6c43)oc3cc4ccccc4cc35)nc3oc4ccccc4c23)cc1. The van der Waals surface area contributed by atoms with Crippen LogP contribution in [0.2, 0.25) is 0 Å². The van der Waals surface area contributed by atoms with E-state index in [4.69, 9.17) is 18.8 Å². The van der Waals surface area contributed by atoms with Gasteiger partial charge in [-0.2, -0.15) is 4.98 Å². The standard InChI is InChI=1S/C42H23N3O2/c1-2-11-25(12-3-1)39-38-30-16-8-9-17-35(30)47-41(38)44-42(43-39)45-34-22-33-32-20-26-13-4-5-14-27(26)21-36(32)46-37(33)23-31(34)29-19-18-24-10-6-7-15-28(24)40(29)45/h1-23H. The van der Waals surface area contributed by atoms with Crippen molar-refractivity contribution < 1.29 is 8.83 Å². The van der Waals surface area contributed by atoms with Gasteiger partial charge >= 0.3 is 0 Å². The van der Waals surface area contributed by atoms with Crippen molar-refractivity contribution >= 4 is 87.4 Å². The van der Waals surface area contributed by atoms with E-state index in [1.807, 2.05) is 36.4 Å². The van der Waals surface area contributed by atoms with E-state index >= 15 is 0 Å². The minimum absolute atomic E-state index is 0.560. The summed E-state index contributed by atoms with van der Waals surface area (Å²) in [5, 5.41) is 10.9. The Morgan fingerprint density at radius 2 is 1.15 bits per heavy atom. The molecule has 0 saturated carbocycles. The number of para-hydroxylation sites is 1. The fourth-order valence-electron chi connectivity index (χ4n) is 7.46. The van der Waals surface area contributed by atoms with Crippen LogP contribution in [0, 0.1) is 0 Å². The van der Waals surface area contributed by atoms with Crippen molar-refractivity contribution in [3.63, 3.8) is 0 Å². The Morgan fingerprint density at radius 3 is 2.02 bits per heavy atom. The van der Waals surface area contributed by atoms with Gasteiger partial charge in [0.2, 0.25) is 11.7 Å². The summed E-state index contributed by atoms with van der Waals surface area (Å²) in [7, 11) is 0. The Hall–Kier alpha value is -6.46. The lowest BCUT2D eigenvalue weighted by molar-refractivity contribution is 0.651. The van der Waals surface area contributed by atoms with Crippen molar-refractivity contribution in [3.05, 3.63) is 140 Å². The Bertz CT molecular complexity index is 3070. The summed E-state index contributed by atoms with van der Waals surface area (Å²) < 4.78 is 15.2. The number of nitrogens with zero attached hydrogens (tertiary/aromatic N) is 3. The summed E-state index contributed by atoms with van der Waals surface area (Å²) in [5.41, 5.74) is 6.99. The molecule has 0 aliphatic carbocycles. The van der Waals surface area contributed by atoms with Crippen LogP contribution < -0.4 is 0 Å². The first kappa shape index (κ1) is 24.8. The van der Waals surface area contributed by atoms with Crippen molar-refractivity contribution in [2.45, 2.75) is 0 Å².